The Morgan fingerprint density at radius 2 is 2.00 bits per heavy atom. The number of carbonyl (C=O) groups is 1. The molecule has 3 nitrogen and oxygen atoms in total. The van der Waals surface area contributed by atoms with E-state index in [0.717, 1.165) is 38.1 Å². The highest BCUT2D eigenvalue weighted by molar-refractivity contribution is 5.94. The Hall–Kier alpha value is -1.56. The molecule has 1 saturated heterocycles. The van der Waals surface area contributed by atoms with Crippen LogP contribution >= 0.6 is 0 Å². The van der Waals surface area contributed by atoms with Crippen LogP contribution in [-0.2, 0) is 6.18 Å². The lowest BCUT2D eigenvalue weighted by atomic mass is 10.0. The van der Waals surface area contributed by atoms with Gasteiger partial charge in [0.2, 0.25) is 0 Å². The van der Waals surface area contributed by atoms with E-state index in [1.54, 1.807) is 4.90 Å². The lowest BCUT2D eigenvalue weighted by Crippen LogP contribution is -2.46. The molecule has 0 aromatic heterocycles. The van der Waals surface area contributed by atoms with Gasteiger partial charge in [-0.1, -0.05) is 6.07 Å². The van der Waals surface area contributed by atoms with Gasteiger partial charge < -0.3 is 10.2 Å². The van der Waals surface area contributed by atoms with Crippen LogP contribution < -0.4 is 5.32 Å². The number of benzene rings is 1. The number of piperidine rings is 1. The molecule has 1 amide bonds. The third kappa shape index (κ3) is 3.75. The van der Waals surface area contributed by atoms with Crippen molar-refractivity contribution in [2.45, 2.75) is 32.0 Å². The van der Waals surface area contributed by atoms with Crippen molar-refractivity contribution in [2.24, 2.45) is 0 Å². The quantitative estimate of drug-likeness (QED) is 0.931. The second-order valence-corrected chi connectivity index (χ2v) is 5.15. The van der Waals surface area contributed by atoms with Gasteiger partial charge in [-0.25, -0.2) is 0 Å². The minimum absolute atomic E-state index is 0.0956. The van der Waals surface area contributed by atoms with Gasteiger partial charge in [-0.05, 0) is 51.1 Å². The first-order valence-corrected chi connectivity index (χ1v) is 7.12. The van der Waals surface area contributed by atoms with E-state index in [9.17, 15) is 18.0 Å². The summed E-state index contributed by atoms with van der Waals surface area (Å²) in [6.07, 6.45) is -2.76. The van der Waals surface area contributed by atoms with Crippen LogP contribution in [0.3, 0.4) is 0 Å². The van der Waals surface area contributed by atoms with Gasteiger partial charge in [0, 0.05) is 18.2 Å². The van der Waals surface area contributed by atoms with Crippen LogP contribution in [0.15, 0.2) is 24.3 Å². The van der Waals surface area contributed by atoms with Crippen LogP contribution in [0.1, 0.15) is 35.7 Å². The fourth-order valence-electron chi connectivity index (χ4n) is 2.68. The molecule has 0 aliphatic carbocycles. The standard InChI is InChI=1S/C15H19F3N2O/c1-2-20(13-6-8-19-9-7-13)14(21)11-4-3-5-12(10-11)15(16,17)18/h3-5,10,13,19H,2,6-9H2,1H3. The van der Waals surface area contributed by atoms with Crippen LogP contribution in [0.4, 0.5) is 13.2 Å². The molecule has 0 saturated carbocycles. The molecule has 2 rings (SSSR count). The van der Waals surface area contributed by atoms with Crippen LogP contribution in [0.5, 0.6) is 0 Å². The molecule has 1 aromatic rings. The van der Waals surface area contributed by atoms with E-state index in [2.05, 4.69) is 5.32 Å². The highest BCUT2D eigenvalue weighted by atomic mass is 19.4. The van der Waals surface area contributed by atoms with E-state index in [4.69, 9.17) is 0 Å². The molecule has 1 N–H and O–H groups in total. The highest BCUT2D eigenvalue weighted by Gasteiger charge is 2.32. The van der Waals surface area contributed by atoms with Crippen molar-refractivity contribution >= 4 is 5.91 Å². The van der Waals surface area contributed by atoms with Crippen molar-refractivity contribution in [3.63, 3.8) is 0 Å². The van der Waals surface area contributed by atoms with Crippen LogP contribution in [0.25, 0.3) is 0 Å². The fraction of sp³-hybridized carbons (Fsp3) is 0.533. The molecule has 6 heteroatoms. The normalized spacial score (nSPS) is 16.8. The maximum absolute atomic E-state index is 12.7. The Morgan fingerprint density at radius 3 is 2.57 bits per heavy atom. The monoisotopic (exact) mass is 300 g/mol. The van der Waals surface area contributed by atoms with Gasteiger partial charge in [-0.2, -0.15) is 13.2 Å². The molecule has 0 spiro atoms. The van der Waals surface area contributed by atoms with Crippen molar-refractivity contribution < 1.29 is 18.0 Å². The summed E-state index contributed by atoms with van der Waals surface area (Å²) in [5, 5.41) is 3.21. The molecular weight excluding hydrogens is 281 g/mol. The third-order valence-electron chi connectivity index (χ3n) is 3.79. The zero-order valence-corrected chi connectivity index (χ0v) is 11.9. The maximum Gasteiger partial charge on any atom is 0.416 e. The van der Waals surface area contributed by atoms with Gasteiger partial charge in [0.15, 0.2) is 0 Å². The largest absolute Gasteiger partial charge is 0.416 e. The van der Waals surface area contributed by atoms with Crippen LogP contribution in [0.2, 0.25) is 0 Å². The predicted molar refractivity (Wildman–Crippen MR) is 74.0 cm³/mol. The average Bonchev–Trinajstić information content (AvgIpc) is 2.48. The molecule has 0 radical (unpaired) electrons. The minimum Gasteiger partial charge on any atom is -0.336 e. The van der Waals surface area contributed by atoms with Crippen molar-refractivity contribution in [1.29, 1.82) is 0 Å². The van der Waals surface area contributed by atoms with Crippen LogP contribution in [0, 0.1) is 0 Å². The van der Waals surface area contributed by atoms with Crippen molar-refractivity contribution in [2.75, 3.05) is 19.6 Å². The second-order valence-electron chi connectivity index (χ2n) is 5.15. The zero-order chi connectivity index (χ0) is 15.5. The molecule has 1 heterocycles. The van der Waals surface area contributed by atoms with Crippen molar-refractivity contribution in [1.82, 2.24) is 10.2 Å². The Kier molecular flexibility index (Phi) is 4.88. The number of hydrogen-bond donors (Lipinski definition) is 1. The Labute approximate surface area is 122 Å². The first-order valence-electron chi connectivity index (χ1n) is 7.12. The number of nitrogens with one attached hydrogen (secondary N) is 1. The maximum atomic E-state index is 12.7. The van der Waals surface area contributed by atoms with E-state index >= 15 is 0 Å². The fourth-order valence-corrected chi connectivity index (χ4v) is 2.68. The van der Waals surface area contributed by atoms with E-state index in [1.165, 1.54) is 12.1 Å². The Morgan fingerprint density at radius 1 is 1.33 bits per heavy atom. The van der Waals surface area contributed by atoms with Gasteiger partial charge in [0.25, 0.3) is 5.91 Å². The van der Waals surface area contributed by atoms with E-state index in [0.29, 0.717) is 6.54 Å². The van der Waals surface area contributed by atoms with Gasteiger partial charge >= 0.3 is 6.18 Å². The van der Waals surface area contributed by atoms with E-state index in [1.807, 2.05) is 6.92 Å². The van der Waals surface area contributed by atoms with Gasteiger partial charge in [0.05, 0.1) is 5.56 Å². The molecular formula is C15H19F3N2O. The lowest BCUT2D eigenvalue weighted by molar-refractivity contribution is -0.137. The van der Waals surface area contributed by atoms with Crippen molar-refractivity contribution in [3.8, 4) is 0 Å². The SMILES string of the molecule is CCN(C(=O)c1cccc(C(F)(F)F)c1)C1CCNCC1. The number of hydrogen-bond acceptors (Lipinski definition) is 2. The predicted octanol–water partition coefficient (Wildman–Crippen LogP) is 2.92. The summed E-state index contributed by atoms with van der Waals surface area (Å²) in [4.78, 5) is 14.2. The first-order chi connectivity index (χ1) is 9.93. The molecule has 0 atom stereocenters. The van der Waals surface area contributed by atoms with E-state index < -0.39 is 11.7 Å². The zero-order valence-electron chi connectivity index (χ0n) is 11.9. The summed E-state index contributed by atoms with van der Waals surface area (Å²) < 4.78 is 38.2. The number of rotatable bonds is 3. The molecule has 1 fully saturated rings. The molecule has 1 aliphatic heterocycles. The smallest absolute Gasteiger partial charge is 0.336 e. The van der Waals surface area contributed by atoms with E-state index in [-0.39, 0.29) is 17.5 Å². The van der Waals surface area contributed by atoms with Crippen LogP contribution in [-0.4, -0.2) is 36.5 Å². The number of alkyl halides is 3. The molecule has 116 valence electrons. The number of nitrogens with zero attached hydrogens (tertiary/aromatic N) is 1. The summed E-state index contributed by atoms with van der Waals surface area (Å²) in [7, 11) is 0. The topological polar surface area (TPSA) is 32.3 Å². The summed E-state index contributed by atoms with van der Waals surface area (Å²) >= 11 is 0. The minimum atomic E-state index is -4.43. The molecule has 21 heavy (non-hydrogen) atoms. The third-order valence-corrected chi connectivity index (χ3v) is 3.79. The Balaban J connectivity index is 2.21. The number of carbonyl (C=O) groups excluding carboxylic acids is 1. The summed E-state index contributed by atoms with van der Waals surface area (Å²) in [5.41, 5.74) is -0.681. The Bertz CT molecular complexity index is 496. The van der Waals surface area contributed by atoms with Gasteiger partial charge in [-0.15, -0.1) is 0 Å². The highest BCUT2D eigenvalue weighted by Crippen LogP contribution is 2.30. The molecule has 0 unspecified atom stereocenters. The lowest BCUT2D eigenvalue weighted by Gasteiger charge is -2.34. The number of halogens is 3. The molecule has 1 aromatic carbocycles. The average molecular weight is 300 g/mol. The second kappa shape index (κ2) is 6.47. The summed E-state index contributed by atoms with van der Waals surface area (Å²) in [6.45, 7) is 4.02. The summed E-state index contributed by atoms with van der Waals surface area (Å²) in [5.74, 6) is -0.324. The van der Waals surface area contributed by atoms with Gasteiger partial charge in [-0.3, -0.25) is 4.79 Å². The number of amides is 1. The molecule has 1 aliphatic rings. The van der Waals surface area contributed by atoms with Gasteiger partial charge in [0.1, 0.15) is 0 Å². The summed E-state index contributed by atoms with van der Waals surface area (Å²) in [6, 6.07) is 4.75. The molecule has 0 bridgehead atoms. The van der Waals surface area contributed by atoms with Crippen molar-refractivity contribution in [3.05, 3.63) is 35.4 Å². The first kappa shape index (κ1) is 15.8.